The van der Waals surface area contributed by atoms with Crippen molar-refractivity contribution in [3.05, 3.63) is 119 Å². The Balaban J connectivity index is 1.23. The minimum absolute atomic E-state index is 0.0372. The number of thioether (sulfide) groups is 1. The highest BCUT2D eigenvalue weighted by molar-refractivity contribution is 7.99. The van der Waals surface area contributed by atoms with Crippen molar-refractivity contribution in [2.75, 3.05) is 17.7 Å². The van der Waals surface area contributed by atoms with E-state index in [1.165, 1.54) is 11.8 Å². The normalized spacial score (nSPS) is 12.6. The zero-order chi connectivity index (χ0) is 28.8. The van der Waals surface area contributed by atoms with Gasteiger partial charge in [-0.1, -0.05) is 78.9 Å². The van der Waals surface area contributed by atoms with Crippen LogP contribution in [0.5, 0.6) is 0 Å². The van der Waals surface area contributed by atoms with Gasteiger partial charge in [0, 0.05) is 34.4 Å². The molecule has 2 amide bonds. The molecule has 1 aliphatic carbocycles. The summed E-state index contributed by atoms with van der Waals surface area (Å²) in [6.45, 7) is 0.582. The van der Waals surface area contributed by atoms with Gasteiger partial charge < -0.3 is 26.2 Å². The molecule has 0 aliphatic heterocycles. The maximum absolute atomic E-state index is 12.7. The predicted molar refractivity (Wildman–Crippen MR) is 159 cm³/mol. The molecule has 5 rings (SSSR count). The number of hydrogen-bond donors (Lipinski definition) is 4. The van der Waals surface area contributed by atoms with Gasteiger partial charge >= 0.3 is 12.1 Å². The fourth-order valence-electron chi connectivity index (χ4n) is 4.87. The van der Waals surface area contributed by atoms with E-state index in [9.17, 15) is 19.5 Å². The Hall–Kier alpha value is -4.76. The van der Waals surface area contributed by atoms with Crippen LogP contribution in [-0.4, -0.2) is 41.5 Å². The van der Waals surface area contributed by atoms with Gasteiger partial charge in [0.25, 0.3) is 0 Å². The van der Waals surface area contributed by atoms with E-state index in [1.54, 1.807) is 18.2 Å². The number of alkyl carbamates (subject to hydrolysis) is 1. The number of benzene rings is 4. The van der Waals surface area contributed by atoms with Crippen LogP contribution in [0, 0.1) is 0 Å². The summed E-state index contributed by atoms with van der Waals surface area (Å²) in [5, 5.41) is 15.6. The van der Waals surface area contributed by atoms with Gasteiger partial charge in [-0.15, -0.1) is 11.8 Å². The number of hydrogen-bond acceptors (Lipinski definition) is 6. The Morgan fingerprint density at radius 1 is 0.878 bits per heavy atom. The summed E-state index contributed by atoms with van der Waals surface area (Å²) in [4.78, 5) is 37.2. The molecule has 8 nitrogen and oxygen atoms in total. The topological polar surface area (TPSA) is 131 Å². The van der Waals surface area contributed by atoms with Crippen molar-refractivity contribution in [1.29, 1.82) is 0 Å². The number of nitrogens with two attached hydrogens (primary N) is 1. The smallest absolute Gasteiger partial charge is 0.407 e. The second-order valence-corrected chi connectivity index (χ2v) is 10.6. The third kappa shape index (κ3) is 6.53. The lowest BCUT2D eigenvalue weighted by Crippen LogP contribution is -2.43. The average molecular weight is 568 g/mol. The Morgan fingerprint density at radius 3 is 2.15 bits per heavy atom. The first kappa shape index (κ1) is 27.8. The van der Waals surface area contributed by atoms with Crippen LogP contribution in [0.2, 0.25) is 0 Å². The highest BCUT2D eigenvalue weighted by Gasteiger charge is 2.30. The van der Waals surface area contributed by atoms with E-state index in [1.807, 2.05) is 78.9 Å². The molecule has 1 aliphatic rings. The standard InChI is InChI=1S/C32H29N3O5S/c33-30(36)21-14-15-29(27(16-21)34-17-20-8-2-1-3-9-20)41-19-28(31(37)38)35-32(39)40-18-26-24-12-6-4-10-22(24)23-11-5-7-13-25(23)26/h1-16,26,28,34H,17-19H2,(H2,33,36)(H,35,39)(H,37,38)/t28-/m0/s1. The number of aliphatic carboxylic acids is 1. The SMILES string of the molecule is NC(=O)c1ccc(SC[C@H](NC(=O)OCC2c3ccccc3-c3ccccc32)C(=O)O)c(NCc2ccccc2)c1. The first-order chi connectivity index (χ1) is 19.9. The quantitative estimate of drug-likeness (QED) is 0.177. The molecular weight excluding hydrogens is 538 g/mol. The minimum atomic E-state index is -1.20. The Labute approximate surface area is 241 Å². The van der Waals surface area contributed by atoms with E-state index in [4.69, 9.17) is 10.5 Å². The molecule has 0 aromatic heterocycles. The molecule has 0 bridgehead atoms. The Morgan fingerprint density at radius 2 is 1.51 bits per heavy atom. The van der Waals surface area contributed by atoms with Gasteiger partial charge in [0.1, 0.15) is 12.6 Å². The van der Waals surface area contributed by atoms with Crippen molar-refractivity contribution >= 4 is 35.4 Å². The third-order valence-electron chi connectivity index (χ3n) is 6.93. The van der Waals surface area contributed by atoms with Gasteiger partial charge in [0.05, 0.1) is 0 Å². The molecule has 208 valence electrons. The fraction of sp³-hybridized carbons (Fsp3) is 0.156. The number of rotatable bonds is 11. The summed E-state index contributed by atoms with van der Waals surface area (Å²) in [7, 11) is 0. The van der Waals surface area contributed by atoms with Crippen molar-refractivity contribution in [3.8, 4) is 11.1 Å². The molecule has 9 heteroatoms. The number of carboxylic acid groups (broad SMARTS) is 1. The number of nitrogens with one attached hydrogen (secondary N) is 2. The van der Waals surface area contributed by atoms with Gasteiger partial charge in [-0.3, -0.25) is 4.79 Å². The van der Waals surface area contributed by atoms with Crippen molar-refractivity contribution in [2.45, 2.75) is 23.4 Å². The second-order valence-electron chi connectivity index (χ2n) is 9.59. The predicted octanol–water partition coefficient (Wildman–Crippen LogP) is 5.48. The lowest BCUT2D eigenvalue weighted by Gasteiger charge is -2.18. The van der Waals surface area contributed by atoms with Crippen LogP contribution in [0.4, 0.5) is 10.5 Å². The van der Waals surface area contributed by atoms with E-state index in [0.29, 0.717) is 22.7 Å². The van der Waals surface area contributed by atoms with Gasteiger partial charge in [0.15, 0.2) is 0 Å². The van der Waals surface area contributed by atoms with Gasteiger partial charge in [0.2, 0.25) is 5.91 Å². The molecule has 41 heavy (non-hydrogen) atoms. The fourth-order valence-corrected chi connectivity index (χ4v) is 5.89. The monoisotopic (exact) mass is 567 g/mol. The van der Waals surface area contributed by atoms with Crippen LogP contribution in [0.1, 0.15) is 33.0 Å². The van der Waals surface area contributed by atoms with Crippen molar-refractivity contribution in [3.63, 3.8) is 0 Å². The molecule has 0 saturated heterocycles. The van der Waals surface area contributed by atoms with Crippen LogP contribution in [0.25, 0.3) is 11.1 Å². The van der Waals surface area contributed by atoms with Crippen molar-refractivity contribution in [2.24, 2.45) is 5.73 Å². The van der Waals surface area contributed by atoms with Crippen molar-refractivity contribution in [1.82, 2.24) is 5.32 Å². The molecule has 1 atom stereocenters. The van der Waals surface area contributed by atoms with Crippen LogP contribution in [0.3, 0.4) is 0 Å². The van der Waals surface area contributed by atoms with E-state index < -0.39 is 24.0 Å². The number of amides is 2. The van der Waals surface area contributed by atoms with Crippen LogP contribution >= 0.6 is 11.8 Å². The van der Waals surface area contributed by atoms with Crippen molar-refractivity contribution < 1.29 is 24.2 Å². The molecule has 0 fully saturated rings. The molecule has 0 heterocycles. The zero-order valence-corrected chi connectivity index (χ0v) is 22.9. The highest BCUT2D eigenvalue weighted by Crippen LogP contribution is 2.44. The summed E-state index contributed by atoms with van der Waals surface area (Å²) in [5.41, 5.74) is 11.8. The van der Waals surface area contributed by atoms with Crippen LogP contribution < -0.4 is 16.4 Å². The number of carbonyl (C=O) groups is 3. The second kappa shape index (κ2) is 12.6. The zero-order valence-electron chi connectivity index (χ0n) is 22.1. The minimum Gasteiger partial charge on any atom is -0.480 e. The van der Waals surface area contributed by atoms with Crippen LogP contribution in [-0.2, 0) is 16.1 Å². The summed E-state index contributed by atoms with van der Waals surface area (Å²) < 4.78 is 5.54. The lowest BCUT2D eigenvalue weighted by molar-refractivity contribution is -0.138. The number of carbonyl (C=O) groups excluding carboxylic acids is 2. The summed E-state index contributed by atoms with van der Waals surface area (Å²) >= 11 is 1.24. The average Bonchev–Trinajstić information content (AvgIpc) is 3.31. The number of primary amides is 1. The first-order valence-corrected chi connectivity index (χ1v) is 14.1. The maximum Gasteiger partial charge on any atom is 0.407 e. The van der Waals surface area contributed by atoms with E-state index in [-0.39, 0.29) is 18.3 Å². The summed E-state index contributed by atoms with van der Waals surface area (Å²) in [6.07, 6.45) is -0.800. The molecule has 0 saturated carbocycles. The molecule has 5 N–H and O–H groups in total. The Kier molecular flexibility index (Phi) is 8.55. The lowest BCUT2D eigenvalue weighted by atomic mass is 9.98. The first-order valence-electron chi connectivity index (χ1n) is 13.1. The number of anilines is 1. The molecular formula is C32H29N3O5S. The maximum atomic E-state index is 12.7. The largest absolute Gasteiger partial charge is 0.480 e. The summed E-state index contributed by atoms with van der Waals surface area (Å²) in [5.74, 6) is -1.84. The van der Waals surface area contributed by atoms with Gasteiger partial charge in [-0.25, -0.2) is 9.59 Å². The highest BCUT2D eigenvalue weighted by atomic mass is 32.2. The molecule has 0 spiro atoms. The number of ether oxygens (including phenoxy) is 1. The molecule has 4 aromatic rings. The van der Waals surface area contributed by atoms with Gasteiger partial charge in [-0.05, 0) is 46.0 Å². The van der Waals surface area contributed by atoms with E-state index >= 15 is 0 Å². The van der Waals surface area contributed by atoms with Gasteiger partial charge in [-0.2, -0.15) is 0 Å². The van der Waals surface area contributed by atoms with Crippen LogP contribution in [0.15, 0.2) is 102 Å². The summed E-state index contributed by atoms with van der Waals surface area (Å²) in [6, 6.07) is 29.5. The number of carboxylic acids is 1. The molecule has 0 unspecified atom stereocenters. The third-order valence-corrected chi connectivity index (χ3v) is 8.10. The number of fused-ring (bicyclic) bond motifs is 3. The molecule has 4 aromatic carbocycles. The van der Waals surface area contributed by atoms with E-state index in [2.05, 4.69) is 10.6 Å². The Bertz CT molecular complexity index is 1530. The molecule has 0 radical (unpaired) electrons. The van der Waals surface area contributed by atoms with E-state index in [0.717, 1.165) is 27.8 Å².